The van der Waals surface area contributed by atoms with Gasteiger partial charge in [0.2, 0.25) is 5.88 Å². The van der Waals surface area contributed by atoms with E-state index in [-0.39, 0.29) is 11.6 Å². The maximum atomic E-state index is 15.0. The van der Waals surface area contributed by atoms with Crippen LogP contribution in [0.25, 0.3) is 10.9 Å². The smallest absolute Gasteiger partial charge is 0.296 e. The molecule has 0 aliphatic carbocycles. The largest absolute Gasteiger partial charge is 0.493 e. The Morgan fingerprint density at radius 3 is 2.27 bits per heavy atom. The zero-order valence-corrected chi connectivity index (χ0v) is 22.3. The Bertz CT molecular complexity index is 1570. The van der Waals surface area contributed by atoms with Gasteiger partial charge < -0.3 is 24.3 Å². The molecular weight excluding hydrogens is 538 g/mol. The van der Waals surface area contributed by atoms with Crippen LogP contribution in [-0.4, -0.2) is 67.1 Å². The van der Waals surface area contributed by atoms with Crippen LogP contribution in [-0.2, 0) is 16.1 Å². The summed E-state index contributed by atoms with van der Waals surface area (Å²) in [4.78, 5) is 35.7. The number of rotatable bonds is 9. The van der Waals surface area contributed by atoms with E-state index in [1.54, 1.807) is 24.3 Å². The molecule has 1 aliphatic rings. The third-order valence-corrected chi connectivity index (χ3v) is 6.49. The summed E-state index contributed by atoms with van der Waals surface area (Å²) in [6, 6.07) is 11.6. The van der Waals surface area contributed by atoms with Crippen molar-refractivity contribution in [2.45, 2.75) is 6.54 Å². The van der Waals surface area contributed by atoms with E-state index in [4.69, 9.17) is 18.9 Å². The van der Waals surface area contributed by atoms with Gasteiger partial charge in [0.05, 0.1) is 43.9 Å². The van der Waals surface area contributed by atoms with Gasteiger partial charge in [0.15, 0.2) is 11.5 Å². The van der Waals surface area contributed by atoms with Gasteiger partial charge in [-0.25, -0.2) is 18.7 Å². The molecule has 212 valence electrons. The molecule has 3 aromatic carbocycles. The monoisotopic (exact) mass is 564 g/mol. The molecule has 0 saturated carbocycles. The van der Waals surface area contributed by atoms with Crippen LogP contribution in [0.4, 0.5) is 14.5 Å². The van der Waals surface area contributed by atoms with Gasteiger partial charge in [-0.1, -0.05) is 12.1 Å². The highest BCUT2D eigenvalue weighted by Crippen LogP contribution is 2.36. The van der Waals surface area contributed by atoms with Crippen LogP contribution in [0.5, 0.6) is 23.1 Å². The molecule has 41 heavy (non-hydrogen) atoms. The van der Waals surface area contributed by atoms with Crippen molar-refractivity contribution in [3.63, 3.8) is 0 Å². The van der Waals surface area contributed by atoms with Gasteiger partial charge in [-0.15, -0.1) is 0 Å². The number of hydrogen-bond acceptors (Lipinski definition) is 9. The number of halogens is 2. The summed E-state index contributed by atoms with van der Waals surface area (Å²) in [6.45, 7) is 3.73. The van der Waals surface area contributed by atoms with Gasteiger partial charge in [-0.2, -0.15) is 0 Å². The number of carbonyl (C=O) groups excluding carboxylic acids is 2. The second-order valence-corrected chi connectivity index (χ2v) is 9.14. The molecular formula is C29H26F2N4O6. The quantitative estimate of drug-likeness (QED) is 0.234. The lowest BCUT2D eigenvalue weighted by Crippen LogP contribution is -2.35. The number of fused-ring (bicyclic) bond motifs is 1. The average Bonchev–Trinajstić information content (AvgIpc) is 2.97. The molecule has 1 aromatic heterocycles. The van der Waals surface area contributed by atoms with Crippen molar-refractivity contribution < 1.29 is 37.3 Å². The van der Waals surface area contributed by atoms with Crippen LogP contribution in [0, 0.1) is 11.6 Å². The minimum absolute atomic E-state index is 0.0105. The molecule has 0 unspecified atom stereocenters. The summed E-state index contributed by atoms with van der Waals surface area (Å²) in [7, 11) is 2.92. The number of methoxy groups -OCH3 is 2. The number of benzene rings is 3. The molecule has 1 saturated heterocycles. The number of amides is 1. The Balaban J connectivity index is 1.30. The fourth-order valence-corrected chi connectivity index (χ4v) is 4.39. The van der Waals surface area contributed by atoms with Gasteiger partial charge >= 0.3 is 0 Å². The Hall–Kier alpha value is -4.68. The molecule has 12 heteroatoms. The van der Waals surface area contributed by atoms with Crippen molar-refractivity contribution in [2.75, 3.05) is 45.8 Å². The first-order valence-corrected chi connectivity index (χ1v) is 12.6. The fourth-order valence-electron chi connectivity index (χ4n) is 4.39. The van der Waals surface area contributed by atoms with E-state index >= 15 is 0 Å². The summed E-state index contributed by atoms with van der Waals surface area (Å²) in [5.74, 6) is -4.57. The van der Waals surface area contributed by atoms with Crippen molar-refractivity contribution in [2.24, 2.45) is 0 Å². The molecule has 5 rings (SSSR count). The minimum atomic E-state index is -1.37. The average molecular weight is 565 g/mol. The lowest BCUT2D eigenvalue weighted by atomic mass is 10.1. The molecule has 1 aliphatic heterocycles. The molecule has 2 heterocycles. The van der Waals surface area contributed by atoms with E-state index in [9.17, 15) is 18.4 Å². The summed E-state index contributed by atoms with van der Waals surface area (Å²) >= 11 is 0. The van der Waals surface area contributed by atoms with Crippen LogP contribution in [0.2, 0.25) is 0 Å². The van der Waals surface area contributed by atoms with Crippen molar-refractivity contribution >= 4 is 28.3 Å². The number of ketones is 1. The molecule has 0 atom stereocenters. The molecule has 10 nitrogen and oxygen atoms in total. The number of nitrogens with zero attached hydrogens (tertiary/aromatic N) is 3. The van der Waals surface area contributed by atoms with Gasteiger partial charge in [-0.05, 0) is 23.8 Å². The summed E-state index contributed by atoms with van der Waals surface area (Å²) in [5.41, 5.74) is 0.763. The minimum Gasteiger partial charge on any atom is -0.493 e. The van der Waals surface area contributed by atoms with E-state index in [0.29, 0.717) is 47.8 Å². The molecule has 0 radical (unpaired) electrons. The van der Waals surface area contributed by atoms with Crippen LogP contribution >= 0.6 is 0 Å². The number of ether oxygens (including phenoxy) is 4. The van der Waals surface area contributed by atoms with Crippen LogP contribution in [0.3, 0.4) is 0 Å². The highest BCUT2D eigenvalue weighted by molar-refractivity contribution is 6.46. The highest BCUT2D eigenvalue weighted by Gasteiger charge is 2.26. The number of Topliss-reactive ketones (excluding diaryl/α,β-unsaturated/α-hetero) is 1. The first-order chi connectivity index (χ1) is 19.9. The molecule has 1 fully saturated rings. The Labute approximate surface area is 233 Å². The van der Waals surface area contributed by atoms with Crippen LogP contribution in [0.15, 0.2) is 54.9 Å². The van der Waals surface area contributed by atoms with E-state index in [0.717, 1.165) is 30.8 Å². The lowest BCUT2D eigenvalue weighted by molar-refractivity contribution is -0.112. The highest BCUT2D eigenvalue weighted by atomic mass is 19.1. The third kappa shape index (κ3) is 6.23. The van der Waals surface area contributed by atoms with Crippen molar-refractivity contribution in [3.8, 4) is 23.1 Å². The molecule has 0 bridgehead atoms. The second kappa shape index (κ2) is 12.2. The third-order valence-electron chi connectivity index (χ3n) is 6.49. The number of nitrogens with one attached hydrogen (secondary N) is 1. The molecule has 4 aromatic rings. The van der Waals surface area contributed by atoms with Gasteiger partial charge in [-0.3, -0.25) is 14.5 Å². The predicted molar refractivity (Wildman–Crippen MR) is 145 cm³/mol. The lowest BCUT2D eigenvalue weighted by Gasteiger charge is -2.26. The number of hydrogen-bond donors (Lipinski definition) is 1. The molecule has 0 spiro atoms. The first-order valence-electron chi connectivity index (χ1n) is 12.6. The predicted octanol–water partition coefficient (Wildman–Crippen LogP) is 4.37. The maximum Gasteiger partial charge on any atom is 0.296 e. The van der Waals surface area contributed by atoms with E-state index < -0.39 is 28.9 Å². The zero-order chi connectivity index (χ0) is 28.9. The second-order valence-electron chi connectivity index (χ2n) is 9.14. The van der Waals surface area contributed by atoms with Gasteiger partial charge in [0, 0.05) is 43.5 Å². The fraction of sp³-hybridized carbons (Fsp3) is 0.241. The van der Waals surface area contributed by atoms with E-state index in [2.05, 4.69) is 20.2 Å². The standard InChI is InChI=1S/C29H26F2N4O6/c1-38-24-13-20-23(14-25(24)39-2)32-16-33-29(20)41-19-11-21(30)26(22(31)12-19)27(36)28(37)34-18-5-3-17(4-6-18)15-35-7-9-40-10-8-35/h3-6,11-14,16H,7-10,15H2,1-2H3,(H,34,37). The van der Waals surface area contributed by atoms with Crippen molar-refractivity contribution in [3.05, 3.63) is 77.6 Å². The van der Waals surface area contributed by atoms with Gasteiger partial charge in [0.25, 0.3) is 11.7 Å². The van der Waals surface area contributed by atoms with Crippen molar-refractivity contribution in [1.82, 2.24) is 14.9 Å². The van der Waals surface area contributed by atoms with E-state index in [1.165, 1.54) is 20.5 Å². The summed E-state index contributed by atoms with van der Waals surface area (Å²) in [5, 5.41) is 2.78. The van der Waals surface area contributed by atoms with Crippen LogP contribution in [0.1, 0.15) is 15.9 Å². The Morgan fingerprint density at radius 1 is 0.951 bits per heavy atom. The number of anilines is 1. The van der Waals surface area contributed by atoms with Gasteiger partial charge in [0.1, 0.15) is 23.7 Å². The Morgan fingerprint density at radius 2 is 1.61 bits per heavy atom. The number of aromatic nitrogens is 2. The van der Waals surface area contributed by atoms with E-state index in [1.807, 2.05) is 12.1 Å². The summed E-state index contributed by atoms with van der Waals surface area (Å²) in [6.07, 6.45) is 1.22. The summed E-state index contributed by atoms with van der Waals surface area (Å²) < 4.78 is 51.5. The Kier molecular flexibility index (Phi) is 8.31. The first kappa shape index (κ1) is 27.9. The normalized spacial score (nSPS) is 13.6. The SMILES string of the molecule is COc1cc2ncnc(Oc3cc(F)c(C(=O)C(=O)Nc4ccc(CN5CCOCC5)cc4)c(F)c3)c2cc1OC. The molecule has 1 N–H and O–H groups in total. The number of carbonyl (C=O) groups is 2. The number of morpholine rings is 1. The zero-order valence-electron chi connectivity index (χ0n) is 22.3. The molecule has 1 amide bonds. The topological polar surface area (TPSA) is 112 Å². The van der Waals surface area contributed by atoms with Crippen LogP contribution < -0.4 is 19.5 Å². The maximum absolute atomic E-state index is 15.0. The van der Waals surface area contributed by atoms with Crippen molar-refractivity contribution in [1.29, 1.82) is 0 Å².